The molecule has 1 aliphatic heterocycles. The summed E-state index contributed by atoms with van der Waals surface area (Å²) < 4.78 is 0. The zero-order valence-corrected chi connectivity index (χ0v) is 16.4. The number of carbonyl (C=O) groups is 1. The molecule has 1 fully saturated rings. The van der Waals surface area contributed by atoms with Crippen molar-refractivity contribution in [2.45, 2.75) is 25.3 Å². The Morgan fingerprint density at radius 3 is 2.44 bits per heavy atom. The number of hydrogen-bond acceptors (Lipinski definition) is 3. The van der Waals surface area contributed by atoms with E-state index in [4.69, 9.17) is 0 Å². The number of hydrogen-bond donors (Lipinski definition) is 1. The monoisotopic (exact) mass is 367 g/mol. The van der Waals surface area contributed by atoms with Crippen LogP contribution in [0.5, 0.6) is 0 Å². The number of benzene rings is 2. The second-order valence-electron chi connectivity index (χ2n) is 7.46. The van der Waals surface area contributed by atoms with Crippen LogP contribution in [0.1, 0.15) is 19.3 Å². The second kappa shape index (κ2) is 8.44. The number of rotatable bonds is 6. The number of amides is 1. The van der Waals surface area contributed by atoms with Crippen molar-refractivity contribution in [3.63, 3.8) is 0 Å². The van der Waals surface area contributed by atoms with Gasteiger partial charge >= 0.3 is 6.09 Å². The molecule has 144 valence electrons. The van der Waals surface area contributed by atoms with Gasteiger partial charge in [-0.05, 0) is 56.6 Å². The van der Waals surface area contributed by atoms with E-state index in [0.29, 0.717) is 12.6 Å². The Kier molecular flexibility index (Phi) is 6.01. The largest absolute Gasteiger partial charge is 0.465 e. The number of anilines is 2. The first-order valence-corrected chi connectivity index (χ1v) is 9.55. The van der Waals surface area contributed by atoms with Crippen molar-refractivity contribution in [3.05, 3.63) is 48.5 Å². The molecular weight excluding hydrogens is 338 g/mol. The summed E-state index contributed by atoms with van der Waals surface area (Å²) in [5, 5.41) is 9.86. The fourth-order valence-electron chi connectivity index (χ4n) is 3.83. The molecule has 1 atom stereocenters. The lowest BCUT2D eigenvalue weighted by Crippen LogP contribution is -2.35. The molecule has 5 nitrogen and oxygen atoms in total. The molecule has 3 rings (SSSR count). The topological polar surface area (TPSA) is 47.0 Å². The van der Waals surface area contributed by atoms with Gasteiger partial charge in [-0.1, -0.05) is 30.3 Å². The molecule has 5 heteroatoms. The first-order chi connectivity index (χ1) is 13.0. The Bertz CT molecular complexity index is 773. The van der Waals surface area contributed by atoms with E-state index in [2.05, 4.69) is 41.1 Å². The third-order valence-corrected chi connectivity index (χ3v) is 5.48. The van der Waals surface area contributed by atoms with E-state index < -0.39 is 6.09 Å². The van der Waals surface area contributed by atoms with Crippen molar-refractivity contribution in [3.8, 4) is 11.1 Å². The highest BCUT2D eigenvalue weighted by atomic mass is 16.4. The lowest BCUT2D eigenvalue weighted by molar-refractivity contribution is 0.200. The van der Waals surface area contributed by atoms with Gasteiger partial charge in [-0.15, -0.1) is 0 Å². The zero-order valence-electron chi connectivity index (χ0n) is 16.4. The first kappa shape index (κ1) is 19.2. The maximum absolute atomic E-state index is 12.0. The average molecular weight is 367 g/mol. The van der Waals surface area contributed by atoms with Gasteiger partial charge in [0.2, 0.25) is 0 Å². The SMILES string of the molecule is CN(C)c1ccc(-c2ccccc2N(CCC2CCCN2C)C(=O)O)cc1. The fraction of sp³-hybridized carbons (Fsp3) is 0.409. The summed E-state index contributed by atoms with van der Waals surface area (Å²) in [6.07, 6.45) is 2.31. The number of likely N-dealkylation sites (tertiary alicyclic amines) is 1. The van der Waals surface area contributed by atoms with Gasteiger partial charge in [0.15, 0.2) is 0 Å². The van der Waals surface area contributed by atoms with E-state index in [0.717, 1.165) is 41.9 Å². The molecule has 1 aliphatic rings. The Morgan fingerprint density at radius 2 is 1.85 bits per heavy atom. The summed E-state index contributed by atoms with van der Waals surface area (Å²) in [6.45, 7) is 1.61. The van der Waals surface area contributed by atoms with Crippen LogP contribution in [-0.2, 0) is 0 Å². The van der Waals surface area contributed by atoms with Crippen LogP contribution < -0.4 is 9.80 Å². The molecule has 2 aromatic carbocycles. The molecule has 1 amide bonds. The van der Waals surface area contributed by atoms with E-state index in [-0.39, 0.29) is 0 Å². The van der Waals surface area contributed by atoms with Crippen LogP contribution in [0.3, 0.4) is 0 Å². The predicted molar refractivity (Wildman–Crippen MR) is 112 cm³/mol. The molecule has 1 saturated heterocycles. The molecule has 27 heavy (non-hydrogen) atoms. The van der Waals surface area contributed by atoms with Crippen molar-refractivity contribution in [1.29, 1.82) is 0 Å². The third-order valence-electron chi connectivity index (χ3n) is 5.48. The summed E-state index contributed by atoms with van der Waals surface area (Å²) in [6, 6.07) is 16.5. The molecule has 0 aromatic heterocycles. The lowest BCUT2D eigenvalue weighted by atomic mass is 10.0. The molecule has 0 radical (unpaired) electrons. The van der Waals surface area contributed by atoms with Crippen molar-refractivity contribution in [2.75, 3.05) is 44.0 Å². The van der Waals surface area contributed by atoms with Crippen LogP contribution in [0, 0.1) is 0 Å². The minimum Gasteiger partial charge on any atom is -0.465 e. The summed E-state index contributed by atoms with van der Waals surface area (Å²) in [7, 11) is 6.15. The van der Waals surface area contributed by atoms with Gasteiger partial charge in [0.1, 0.15) is 0 Å². The van der Waals surface area contributed by atoms with Gasteiger partial charge in [0.05, 0.1) is 5.69 Å². The van der Waals surface area contributed by atoms with Gasteiger partial charge in [0.25, 0.3) is 0 Å². The van der Waals surface area contributed by atoms with Crippen LogP contribution in [0.2, 0.25) is 0 Å². The van der Waals surface area contributed by atoms with Crippen molar-refractivity contribution >= 4 is 17.5 Å². The average Bonchev–Trinajstić information content (AvgIpc) is 3.07. The van der Waals surface area contributed by atoms with Crippen molar-refractivity contribution in [2.24, 2.45) is 0 Å². The predicted octanol–water partition coefficient (Wildman–Crippen LogP) is 4.39. The molecule has 1 heterocycles. The van der Waals surface area contributed by atoms with Gasteiger partial charge in [-0.2, -0.15) is 0 Å². The Morgan fingerprint density at radius 1 is 1.15 bits per heavy atom. The number of nitrogens with zero attached hydrogens (tertiary/aromatic N) is 3. The Balaban J connectivity index is 1.86. The highest BCUT2D eigenvalue weighted by Gasteiger charge is 2.24. The van der Waals surface area contributed by atoms with Crippen LogP contribution in [0.25, 0.3) is 11.1 Å². The van der Waals surface area contributed by atoms with Crippen LogP contribution in [-0.4, -0.2) is 56.4 Å². The van der Waals surface area contributed by atoms with Crippen LogP contribution in [0.4, 0.5) is 16.2 Å². The van der Waals surface area contributed by atoms with Gasteiger partial charge in [-0.3, -0.25) is 4.90 Å². The molecule has 1 unspecified atom stereocenters. The van der Waals surface area contributed by atoms with E-state index >= 15 is 0 Å². The standard InChI is InChI=1S/C22H29N3O2/c1-23(2)18-12-10-17(11-13-18)20-8-4-5-9-21(20)25(22(26)27)16-14-19-7-6-15-24(19)3/h4-5,8-13,19H,6-7,14-16H2,1-3H3,(H,26,27). The minimum absolute atomic E-state index is 0.471. The summed E-state index contributed by atoms with van der Waals surface area (Å²) in [4.78, 5) is 17.9. The van der Waals surface area contributed by atoms with E-state index in [1.807, 2.05) is 38.4 Å². The molecule has 0 bridgehead atoms. The van der Waals surface area contributed by atoms with Crippen molar-refractivity contribution in [1.82, 2.24) is 4.90 Å². The summed E-state index contributed by atoms with van der Waals surface area (Å²) >= 11 is 0. The molecular formula is C22H29N3O2. The fourth-order valence-corrected chi connectivity index (χ4v) is 3.83. The summed E-state index contributed by atoms with van der Waals surface area (Å²) in [5.74, 6) is 0. The normalized spacial score (nSPS) is 17.1. The lowest BCUT2D eigenvalue weighted by Gasteiger charge is -2.26. The third kappa shape index (κ3) is 4.42. The van der Waals surface area contributed by atoms with Gasteiger partial charge in [-0.25, -0.2) is 4.79 Å². The Labute approximate surface area is 161 Å². The minimum atomic E-state index is -0.895. The highest BCUT2D eigenvalue weighted by Crippen LogP contribution is 2.32. The maximum Gasteiger partial charge on any atom is 0.411 e. The zero-order chi connectivity index (χ0) is 19.4. The van der Waals surface area contributed by atoms with Gasteiger partial charge < -0.3 is 14.9 Å². The maximum atomic E-state index is 12.0. The van der Waals surface area contributed by atoms with Crippen LogP contribution >= 0.6 is 0 Å². The van der Waals surface area contributed by atoms with Gasteiger partial charge in [0, 0.05) is 37.9 Å². The van der Waals surface area contributed by atoms with E-state index in [9.17, 15) is 9.90 Å². The first-order valence-electron chi connectivity index (χ1n) is 9.55. The molecule has 2 aromatic rings. The smallest absolute Gasteiger partial charge is 0.411 e. The number of para-hydroxylation sites is 1. The second-order valence-corrected chi connectivity index (χ2v) is 7.46. The molecule has 1 N–H and O–H groups in total. The highest BCUT2D eigenvalue weighted by molar-refractivity contribution is 5.93. The molecule has 0 saturated carbocycles. The van der Waals surface area contributed by atoms with E-state index in [1.165, 1.54) is 11.3 Å². The summed E-state index contributed by atoms with van der Waals surface area (Å²) in [5.41, 5.74) is 3.85. The molecule has 0 spiro atoms. The number of carboxylic acid groups (broad SMARTS) is 1. The van der Waals surface area contributed by atoms with Crippen molar-refractivity contribution < 1.29 is 9.90 Å². The Hall–Kier alpha value is -2.53. The van der Waals surface area contributed by atoms with E-state index in [1.54, 1.807) is 0 Å². The van der Waals surface area contributed by atoms with Crippen LogP contribution in [0.15, 0.2) is 48.5 Å². The quantitative estimate of drug-likeness (QED) is 0.823. The molecule has 0 aliphatic carbocycles.